The summed E-state index contributed by atoms with van der Waals surface area (Å²) in [4.78, 5) is 0. The standard InChI is InChI=1S/C17H18N2O/c1-13-3-2-4-14-9-10-19(17(13)14)11-12-20-16-7-5-15(18)6-8-16/h2-10H,11-12,18H2,1H3. The summed E-state index contributed by atoms with van der Waals surface area (Å²) in [5.74, 6) is 0.854. The first kappa shape index (κ1) is 12.6. The summed E-state index contributed by atoms with van der Waals surface area (Å²) in [6, 6.07) is 16.0. The molecule has 0 saturated carbocycles. The number of hydrogen-bond donors (Lipinski definition) is 1. The molecule has 3 heteroatoms. The smallest absolute Gasteiger partial charge is 0.119 e. The summed E-state index contributed by atoms with van der Waals surface area (Å²) in [6.07, 6.45) is 2.12. The van der Waals surface area contributed by atoms with Crippen molar-refractivity contribution in [1.82, 2.24) is 4.57 Å². The second-order valence-corrected chi connectivity index (χ2v) is 4.94. The van der Waals surface area contributed by atoms with Crippen LogP contribution in [0.1, 0.15) is 5.56 Å². The molecule has 0 aliphatic carbocycles. The van der Waals surface area contributed by atoms with E-state index >= 15 is 0 Å². The molecule has 0 atom stereocenters. The minimum Gasteiger partial charge on any atom is -0.492 e. The van der Waals surface area contributed by atoms with Gasteiger partial charge < -0.3 is 15.0 Å². The second-order valence-electron chi connectivity index (χ2n) is 4.94. The summed E-state index contributed by atoms with van der Waals surface area (Å²) >= 11 is 0. The number of benzene rings is 2. The molecule has 3 rings (SSSR count). The second kappa shape index (κ2) is 5.29. The third kappa shape index (κ3) is 2.48. The number of rotatable bonds is 4. The lowest BCUT2D eigenvalue weighted by molar-refractivity contribution is 0.300. The van der Waals surface area contributed by atoms with Gasteiger partial charge in [0, 0.05) is 11.9 Å². The number of nitrogens with zero attached hydrogens (tertiary/aromatic N) is 1. The van der Waals surface area contributed by atoms with Crippen molar-refractivity contribution in [2.45, 2.75) is 13.5 Å². The van der Waals surface area contributed by atoms with Gasteiger partial charge in [-0.1, -0.05) is 18.2 Å². The van der Waals surface area contributed by atoms with Crippen LogP contribution in [0.3, 0.4) is 0 Å². The van der Waals surface area contributed by atoms with Crippen molar-refractivity contribution in [2.75, 3.05) is 12.3 Å². The van der Waals surface area contributed by atoms with Crippen molar-refractivity contribution < 1.29 is 4.74 Å². The van der Waals surface area contributed by atoms with Crippen LogP contribution in [0, 0.1) is 6.92 Å². The Kier molecular flexibility index (Phi) is 3.33. The molecule has 0 spiro atoms. The number of fused-ring (bicyclic) bond motifs is 1. The van der Waals surface area contributed by atoms with Crippen molar-refractivity contribution in [3.8, 4) is 5.75 Å². The minimum atomic E-state index is 0.641. The first-order valence-electron chi connectivity index (χ1n) is 6.77. The molecule has 0 bridgehead atoms. The van der Waals surface area contributed by atoms with Crippen molar-refractivity contribution >= 4 is 16.6 Å². The lowest BCUT2D eigenvalue weighted by atomic mass is 10.2. The van der Waals surface area contributed by atoms with Crippen molar-refractivity contribution in [3.05, 3.63) is 60.3 Å². The number of hydrogen-bond acceptors (Lipinski definition) is 2. The number of anilines is 1. The molecule has 102 valence electrons. The maximum absolute atomic E-state index is 5.75. The molecule has 0 fully saturated rings. The van der Waals surface area contributed by atoms with Crippen LogP contribution in [0.25, 0.3) is 10.9 Å². The highest BCUT2D eigenvalue weighted by atomic mass is 16.5. The number of nitrogen functional groups attached to an aromatic ring is 1. The quantitative estimate of drug-likeness (QED) is 0.733. The zero-order valence-corrected chi connectivity index (χ0v) is 11.5. The highest BCUT2D eigenvalue weighted by Crippen LogP contribution is 2.20. The minimum absolute atomic E-state index is 0.641. The van der Waals surface area contributed by atoms with Crippen molar-refractivity contribution in [1.29, 1.82) is 0 Å². The van der Waals surface area contributed by atoms with E-state index in [0.717, 1.165) is 18.0 Å². The van der Waals surface area contributed by atoms with Gasteiger partial charge in [0.1, 0.15) is 12.4 Å². The van der Waals surface area contributed by atoms with Gasteiger partial charge in [-0.15, -0.1) is 0 Å². The van der Waals surface area contributed by atoms with Crippen LogP contribution in [0.5, 0.6) is 5.75 Å². The molecule has 2 N–H and O–H groups in total. The van der Waals surface area contributed by atoms with Crippen LogP contribution >= 0.6 is 0 Å². The van der Waals surface area contributed by atoms with E-state index in [1.54, 1.807) is 0 Å². The largest absolute Gasteiger partial charge is 0.492 e. The Balaban J connectivity index is 1.70. The number of para-hydroxylation sites is 1. The van der Waals surface area contributed by atoms with Gasteiger partial charge in [-0.05, 0) is 48.2 Å². The fraction of sp³-hybridized carbons (Fsp3) is 0.176. The summed E-state index contributed by atoms with van der Waals surface area (Å²) < 4.78 is 7.98. The van der Waals surface area contributed by atoms with Crippen LogP contribution in [-0.2, 0) is 6.54 Å². The average Bonchev–Trinajstić information content (AvgIpc) is 2.86. The Bertz CT molecular complexity index is 713. The van der Waals surface area contributed by atoms with Gasteiger partial charge in [0.05, 0.1) is 12.1 Å². The van der Waals surface area contributed by atoms with E-state index in [1.807, 2.05) is 24.3 Å². The predicted octanol–water partition coefficient (Wildman–Crippen LogP) is 3.61. The number of ether oxygens (including phenoxy) is 1. The summed E-state index contributed by atoms with van der Waals surface area (Å²) in [6.45, 7) is 3.61. The summed E-state index contributed by atoms with van der Waals surface area (Å²) in [5.41, 5.74) is 8.98. The molecular formula is C17H18N2O. The highest BCUT2D eigenvalue weighted by Gasteiger charge is 2.03. The van der Waals surface area contributed by atoms with E-state index in [1.165, 1.54) is 16.5 Å². The van der Waals surface area contributed by atoms with Crippen LogP contribution in [0.15, 0.2) is 54.7 Å². The van der Waals surface area contributed by atoms with Crippen LogP contribution in [0.2, 0.25) is 0 Å². The summed E-state index contributed by atoms with van der Waals surface area (Å²) in [5, 5.41) is 1.28. The molecule has 0 saturated heterocycles. The molecule has 0 aliphatic rings. The molecular weight excluding hydrogens is 248 g/mol. The molecule has 1 heterocycles. The van der Waals surface area contributed by atoms with Crippen LogP contribution in [-0.4, -0.2) is 11.2 Å². The van der Waals surface area contributed by atoms with E-state index in [4.69, 9.17) is 10.5 Å². The van der Waals surface area contributed by atoms with Gasteiger partial charge in [0.2, 0.25) is 0 Å². The molecule has 20 heavy (non-hydrogen) atoms. The molecule has 1 aromatic heterocycles. The van der Waals surface area contributed by atoms with E-state index < -0.39 is 0 Å². The van der Waals surface area contributed by atoms with Gasteiger partial charge in [-0.3, -0.25) is 0 Å². The third-order valence-electron chi connectivity index (χ3n) is 3.47. The van der Waals surface area contributed by atoms with E-state index in [-0.39, 0.29) is 0 Å². The maximum Gasteiger partial charge on any atom is 0.119 e. The van der Waals surface area contributed by atoms with Crippen LogP contribution < -0.4 is 10.5 Å². The number of aryl methyl sites for hydroxylation is 1. The molecule has 3 nitrogen and oxygen atoms in total. The SMILES string of the molecule is Cc1cccc2ccn(CCOc3ccc(N)cc3)c12. The Morgan fingerprint density at radius 1 is 1.05 bits per heavy atom. The Morgan fingerprint density at radius 3 is 2.65 bits per heavy atom. The average molecular weight is 266 g/mol. The first-order valence-corrected chi connectivity index (χ1v) is 6.77. The number of nitrogens with two attached hydrogens (primary N) is 1. The molecule has 0 amide bonds. The molecule has 0 aliphatic heterocycles. The lowest BCUT2D eigenvalue weighted by Crippen LogP contribution is -2.07. The monoisotopic (exact) mass is 266 g/mol. The fourth-order valence-electron chi connectivity index (χ4n) is 2.47. The third-order valence-corrected chi connectivity index (χ3v) is 3.47. The summed E-state index contributed by atoms with van der Waals surface area (Å²) in [7, 11) is 0. The van der Waals surface area contributed by atoms with E-state index in [9.17, 15) is 0 Å². The first-order chi connectivity index (χ1) is 9.74. The van der Waals surface area contributed by atoms with Gasteiger partial charge in [0.25, 0.3) is 0 Å². The zero-order valence-electron chi connectivity index (χ0n) is 11.5. The Hall–Kier alpha value is -2.42. The topological polar surface area (TPSA) is 40.2 Å². The van der Waals surface area contributed by atoms with E-state index in [2.05, 4.69) is 42.0 Å². The normalized spacial score (nSPS) is 10.8. The highest BCUT2D eigenvalue weighted by molar-refractivity contribution is 5.83. The zero-order chi connectivity index (χ0) is 13.9. The van der Waals surface area contributed by atoms with Gasteiger partial charge in [0.15, 0.2) is 0 Å². The van der Waals surface area contributed by atoms with Crippen LogP contribution in [0.4, 0.5) is 5.69 Å². The predicted molar refractivity (Wildman–Crippen MR) is 83.0 cm³/mol. The molecule has 3 aromatic rings. The van der Waals surface area contributed by atoms with Crippen molar-refractivity contribution in [2.24, 2.45) is 0 Å². The van der Waals surface area contributed by atoms with E-state index in [0.29, 0.717) is 6.61 Å². The van der Waals surface area contributed by atoms with Crippen molar-refractivity contribution in [3.63, 3.8) is 0 Å². The fourth-order valence-corrected chi connectivity index (χ4v) is 2.47. The Labute approximate surface area is 118 Å². The van der Waals surface area contributed by atoms with Gasteiger partial charge in [-0.2, -0.15) is 0 Å². The molecule has 0 radical (unpaired) electrons. The van der Waals surface area contributed by atoms with Gasteiger partial charge in [-0.25, -0.2) is 0 Å². The Morgan fingerprint density at radius 2 is 1.85 bits per heavy atom. The molecule has 0 unspecified atom stereocenters. The maximum atomic E-state index is 5.75. The number of aromatic nitrogens is 1. The molecule has 2 aromatic carbocycles. The lowest BCUT2D eigenvalue weighted by Gasteiger charge is -2.09. The van der Waals surface area contributed by atoms with Gasteiger partial charge >= 0.3 is 0 Å².